The molecule has 0 amide bonds. The molecule has 0 saturated carbocycles. The Morgan fingerprint density at radius 3 is 2.58 bits per heavy atom. The third kappa shape index (κ3) is 4.72. The maximum Gasteiger partial charge on any atom is 0.397 e. The minimum Gasteiger partial charge on any atom is -0.449 e. The van der Waals surface area contributed by atoms with Gasteiger partial charge in [0.25, 0.3) is 0 Å². The van der Waals surface area contributed by atoms with E-state index >= 15 is 0 Å². The third-order valence-corrected chi connectivity index (χ3v) is 4.60. The van der Waals surface area contributed by atoms with Crippen molar-refractivity contribution < 1.29 is 9.15 Å². The topological polar surface area (TPSA) is 52.3 Å². The zero-order chi connectivity index (χ0) is 18.2. The van der Waals surface area contributed by atoms with E-state index in [-0.39, 0.29) is 12.0 Å². The molecular formula is C22H25NO3. The molecule has 0 bridgehead atoms. The van der Waals surface area contributed by atoms with E-state index in [0.717, 1.165) is 12.8 Å². The van der Waals surface area contributed by atoms with E-state index in [1.54, 1.807) is 18.2 Å². The number of hydrogen-bond donors (Lipinski definition) is 0. The second-order valence-electron chi connectivity index (χ2n) is 6.55. The number of unbranched alkanes of at least 4 members (excludes halogenated alkanes) is 3. The third-order valence-electron chi connectivity index (χ3n) is 4.60. The van der Waals surface area contributed by atoms with Crippen LogP contribution < -0.4 is 10.4 Å². The van der Waals surface area contributed by atoms with Crippen LogP contribution in [0.3, 0.4) is 0 Å². The molecule has 0 aliphatic carbocycles. The molecule has 0 saturated heterocycles. The maximum atomic E-state index is 12.1. The predicted octanol–water partition coefficient (Wildman–Crippen LogP) is 5.32. The van der Waals surface area contributed by atoms with E-state index in [4.69, 9.17) is 9.15 Å². The lowest BCUT2D eigenvalue weighted by atomic mass is 9.94. The molecular weight excluding hydrogens is 326 g/mol. The standard InChI is InChI=1S/C22H25NO3/c1-2-3-4-6-13-18(17-11-7-5-8-12-17)16-25-22-23-20-15-10-9-14-19(20)21(24)26-22/h5,7-12,14-15,18H,2-4,6,13,16H2,1H3. The summed E-state index contributed by atoms with van der Waals surface area (Å²) in [5, 5.41) is 0.471. The molecule has 4 heteroatoms. The number of nitrogens with zero attached hydrogens (tertiary/aromatic N) is 1. The Morgan fingerprint density at radius 2 is 1.77 bits per heavy atom. The quantitative estimate of drug-likeness (QED) is 0.490. The summed E-state index contributed by atoms with van der Waals surface area (Å²) in [5.74, 6) is 0.256. The van der Waals surface area contributed by atoms with Gasteiger partial charge in [0.15, 0.2) is 0 Å². The van der Waals surface area contributed by atoms with Gasteiger partial charge in [-0.1, -0.05) is 75.1 Å². The van der Waals surface area contributed by atoms with Crippen LogP contribution in [0.2, 0.25) is 0 Å². The van der Waals surface area contributed by atoms with Crippen LogP contribution in [0, 0.1) is 0 Å². The van der Waals surface area contributed by atoms with Crippen LogP contribution >= 0.6 is 0 Å². The molecule has 0 N–H and O–H groups in total. The smallest absolute Gasteiger partial charge is 0.397 e. The van der Waals surface area contributed by atoms with Crippen molar-refractivity contribution in [3.63, 3.8) is 0 Å². The summed E-state index contributed by atoms with van der Waals surface area (Å²) >= 11 is 0. The summed E-state index contributed by atoms with van der Waals surface area (Å²) in [6.45, 7) is 2.66. The van der Waals surface area contributed by atoms with E-state index in [1.807, 2.05) is 24.3 Å². The minimum absolute atomic E-state index is 0.0446. The SMILES string of the molecule is CCCCCCC(COc1nc2ccccc2c(=O)o1)c1ccccc1. The van der Waals surface area contributed by atoms with Crippen molar-refractivity contribution in [3.05, 3.63) is 70.6 Å². The maximum absolute atomic E-state index is 12.1. The fourth-order valence-corrected chi connectivity index (χ4v) is 3.12. The Bertz CT molecular complexity index is 873. The molecule has 0 fully saturated rings. The van der Waals surface area contributed by atoms with Crippen LogP contribution in [0.25, 0.3) is 10.9 Å². The van der Waals surface area contributed by atoms with E-state index in [1.165, 1.54) is 24.8 Å². The minimum atomic E-state index is -0.412. The molecule has 1 atom stereocenters. The molecule has 4 nitrogen and oxygen atoms in total. The van der Waals surface area contributed by atoms with Gasteiger partial charge in [-0.25, -0.2) is 4.79 Å². The van der Waals surface area contributed by atoms with Crippen molar-refractivity contribution in [1.82, 2.24) is 4.98 Å². The fraction of sp³-hybridized carbons (Fsp3) is 0.364. The van der Waals surface area contributed by atoms with Crippen molar-refractivity contribution in [1.29, 1.82) is 0 Å². The summed E-state index contributed by atoms with van der Waals surface area (Å²) in [7, 11) is 0. The molecule has 26 heavy (non-hydrogen) atoms. The van der Waals surface area contributed by atoms with Gasteiger partial charge < -0.3 is 9.15 Å². The monoisotopic (exact) mass is 351 g/mol. The van der Waals surface area contributed by atoms with Crippen molar-refractivity contribution in [2.24, 2.45) is 0 Å². The largest absolute Gasteiger partial charge is 0.449 e. The second-order valence-corrected chi connectivity index (χ2v) is 6.55. The predicted molar refractivity (Wildman–Crippen MR) is 104 cm³/mol. The molecule has 3 rings (SSSR count). The number of rotatable bonds is 9. The lowest BCUT2D eigenvalue weighted by molar-refractivity contribution is 0.197. The highest BCUT2D eigenvalue weighted by Gasteiger charge is 2.14. The number of hydrogen-bond acceptors (Lipinski definition) is 4. The number of aromatic nitrogens is 1. The summed E-state index contributed by atoms with van der Waals surface area (Å²) in [4.78, 5) is 16.4. The summed E-state index contributed by atoms with van der Waals surface area (Å²) < 4.78 is 11.0. The van der Waals surface area contributed by atoms with E-state index < -0.39 is 5.63 Å². The van der Waals surface area contributed by atoms with Gasteiger partial charge in [0, 0.05) is 5.92 Å². The molecule has 0 aliphatic heterocycles. The Balaban J connectivity index is 1.71. The number of benzene rings is 2. The van der Waals surface area contributed by atoms with Crippen molar-refractivity contribution in [2.45, 2.75) is 44.9 Å². The summed E-state index contributed by atoms with van der Waals surface area (Å²) in [6.07, 6.45) is 5.95. The lowest BCUT2D eigenvalue weighted by Gasteiger charge is -2.17. The van der Waals surface area contributed by atoms with Crippen LogP contribution in [0.15, 0.2) is 63.8 Å². The second kappa shape index (κ2) is 9.18. The average Bonchev–Trinajstić information content (AvgIpc) is 2.68. The zero-order valence-electron chi connectivity index (χ0n) is 15.2. The van der Waals surface area contributed by atoms with Gasteiger partial charge in [0.2, 0.25) is 0 Å². The van der Waals surface area contributed by atoms with Crippen LogP contribution in [0.5, 0.6) is 6.08 Å². The fourth-order valence-electron chi connectivity index (χ4n) is 3.12. The Hall–Kier alpha value is -2.62. The van der Waals surface area contributed by atoms with Crippen LogP contribution in [0.1, 0.15) is 50.5 Å². The van der Waals surface area contributed by atoms with E-state index in [2.05, 4.69) is 24.0 Å². The van der Waals surface area contributed by atoms with Gasteiger partial charge in [0.05, 0.1) is 17.5 Å². The van der Waals surface area contributed by atoms with Gasteiger partial charge in [-0.2, -0.15) is 4.98 Å². The first-order chi connectivity index (χ1) is 12.8. The van der Waals surface area contributed by atoms with Gasteiger partial charge in [-0.15, -0.1) is 0 Å². The van der Waals surface area contributed by atoms with Gasteiger partial charge in [-0.3, -0.25) is 0 Å². The highest BCUT2D eigenvalue weighted by molar-refractivity contribution is 5.76. The van der Waals surface area contributed by atoms with Gasteiger partial charge >= 0.3 is 11.7 Å². The average molecular weight is 351 g/mol. The first-order valence-electron chi connectivity index (χ1n) is 9.35. The Labute approximate surface area is 153 Å². The first kappa shape index (κ1) is 18.2. The molecule has 1 aromatic heterocycles. The van der Waals surface area contributed by atoms with Crippen LogP contribution in [0.4, 0.5) is 0 Å². The van der Waals surface area contributed by atoms with E-state index in [9.17, 15) is 4.79 Å². The summed E-state index contributed by atoms with van der Waals surface area (Å²) in [5.41, 5.74) is 1.43. The molecule has 1 unspecified atom stereocenters. The highest BCUT2D eigenvalue weighted by Crippen LogP contribution is 2.24. The Kier molecular flexibility index (Phi) is 6.42. The lowest BCUT2D eigenvalue weighted by Crippen LogP contribution is -2.13. The molecule has 0 radical (unpaired) electrons. The van der Waals surface area contributed by atoms with E-state index in [0.29, 0.717) is 17.5 Å². The van der Waals surface area contributed by atoms with Crippen molar-refractivity contribution in [3.8, 4) is 6.08 Å². The van der Waals surface area contributed by atoms with Gasteiger partial charge in [-0.05, 0) is 24.1 Å². The molecule has 0 aliphatic rings. The van der Waals surface area contributed by atoms with Crippen LogP contribution in [-0.4, -0.2) is 11.6 Å². The highest BCUT2D eigenvalue weighted by atomic mass is 16.6. The van der Waals surface area contributed by atoms with Crippen molar-refractivity contribution >= 4 is 10.9 Å². The zero-order valence-corrected chi connectivity index (χ0v) is 15.2. The van der Waals surface area contributed by atoms with Crippen molar-refractivity contribution in [2.75, 3.05) is 6.61 Å². The number of para-hydroxylation sites is 1. The normalized spacial score (nSPS) is 12.2. The number of ether oxygens (including phenoxy) is 1. The number of fused-ring (bicyclic) bond motifs is 1. The first-order valence-corrected chi connectivity index (χ1v) is 9.35. The molecule has 2 aromatic carbocycles. The molecule has 1 heterocycles. The Morgan fingerprint density at radius 1 is 1.00 bits per heavy atom. The molecule has 136 valence electrons. The van der Waals surface area contributed by atoms with Gasteiger partial charge in [0.1, 0.15) is 0 Å². The molecule has 0 spiro atoms. The summed E-state index contributed by atoms with van der Waals surface area (Å²) in [6, 6.07) is 17.5. The van der Waals surface area contributed by atoms with Crippen LogP contribution in [-0.2, 0) is 0 Å². The molecule has 3 aromatic rings.